The van der Waals surface area contributed by atoms with E-state index in [2.05, 4.69) is 10.3 Å². The zero-order valence-electron chi connectivity index (χ0n) is 22.4. The first-order valence-electron chi connectivity index (χ1n) is 13.0. The van der Waals surface area contributed by atoms with Gasteiger partial charge < -0.3 is 29.7 Å². The van der Waals surface area contributed by atoms with Crippen LogP contribution in [0, 0.1) is 0 Å². The van der Waals surface area contributed by atoms with E-state index < -0.39 is 35.8 Å². The molecule has 40 heavy (non-hydrogen) atoms. The first-order valence-corrected chi connectivity index (χ1v) is 13.0. The molecule has 4 aromatic rings. The Morgan fingerprint density at radius 1 is 0.975 bits per heavy atom. The first-order chi connectivity index (χ1) is 19.5. The lowest BCUT2D eigenvalue weighted by molar-refractivity contribution is -0.156. The van der Waals surface area contributed by atoms with Gasteiger partial charge in [-0.1, -0.05) is 72.8 Å². The molecule has 0 amide bonds. The Morgan fingerprint density at radius 3 is 2.10 bits per heavy atom. The molecule has 1 aliphatic heterocycles. The molecule has 0 saturated carbocycles. The quantitative estimate of drug-likeness (QED) is 0.261. The van der Waals surface area contributed by atoms with Crippen LogP contribution in [0.25, 0.3) is 0 Å². The Morgan fingerprint density at radius 2 is 1.57 bits per heavy atom. The summed E-state index contributed by atoms with van der Waals surface area (Å²) in [7, 11) is 3.09. The second kappa shape index (κ2) is 11.6. The zero-order chi connectivity index (χ0) is 28.2. The maximum atomic E-state index is 13.3. The second-order valence-corrected chi connectivity index (χ2v) is 9.82. The number of aliphatic hydroxyl groups is 2. The lowest BCUT2D eigenvalue weighted by Gasteiger charge is -2.37. The molecule has 0 spiro atoms. The Bertz CT molecular complexity index is 1420. The minimum Gasteiger partial charge on any atom is -0.497 e. The number of aromatic nitrogens is 2. The van der Waals surface area contributed by atoms with Gasteiger partial charge in [-0.15, -0.1) is 0 Å². The van der Waals surface area contributed by atoms with Crippen molar-refractivity contribution in [3.05, 3.63) is 124 Å². The molecule has 1 aliphatic rings. The molecule has 1 saturated heterocycles. The highest BCUT2D eigenvalue weighted by atomic mass is 16.6. The predicted molar refractivity (Wildman–Crippen MR) is 150 cm³/mol. The van der Waals surface area contributed by atoms with E-state index in [1.165, 1.54) is 11.7 Å². The molecule has 0 aliphatic carbocycles. The predicted octanol–water partition coefficient (Wildman–Crippen LogP) is 3.31. The van der Waals surface area contributed by atoms with Crippen LogP contribution in [0.3, 0.4) is 0 Å². The van der Waals surface area contributed by atoms with E-state index in [0.29, 0.717) is 5.82 Å². The number of hydrogen-bond donors (Lipinski definition) is 3. The van der Waals surface area contributed by atoms with Crippen LogP contribution < -0.4 is 15.7 Å². The number of benzene rings is 3. The van der Waals surface area contributed by atoms with Gasteiger partial charge in [0.05, 0.1) is 26.4 Å². The number of rotatable bonds is 10. The summed E-state index contributed by atoms with van der Waals surface area (Å²) in [6.45, 7) is -0.458. The number of anilines is 1. The van der Waals surface area contributed by atoms with Gasteiger partial charge in [-0.25, -0.2) is 4.79 Å². The molecular formula is C31H33N3O6. The van der Waals surface area contributed by atoms with Crippen LogP contribution in [0.2, 0.25) is 0 Å². The van der Waals surface area contributed by atoms with Crippen LogP contribution in [-0.2, 0) is 15.0 Å². The van der Waals surface area contributed by atoms with Gasteiger partial charge in [-0.3, -0.25) is 4.57 Å². The molecule has 5 rings (SSSR count). The van der Waals surface area contributed by atoms with Crippen molar-refractivity contribution in [1.82, 2.24) is 9.55 Å². The molecule has 1 aromatic heterocycles. The summed E-state index contributed by atoms with van der Waals surface area (Å²) in [5.74, 6) is 1.08. The van der Waals surface area contributed by atoms with Gasteiger partial charge in [0.1, 0.15) is 28.9 Å². The van der Waals surface area contributed by atoms with E-state index in [4.69, 9.17) is 14.2 Å². The molecule has 0 unspecified atom stereocenters. The number of nitrogens with zero attached hydrogens (tertiary/aromatic N) is 2. The number of ether oxygens (including phenoxy) is 3. The SMILES string of the molecule is COC[C@]1(CO)O[C@@H](n2ccc(NC(c3ccccc3)(c3ccccc3)c3ccc(OC)cc3)nc2=O)C[C@@H]1O. The van der Waals surface area contributed by atoms with Crippen molar-refractivity contribution in [3.63, 3.8) is 0 Å². The van der Waals surface area contributed by atoms with E-state index in [0.717, 1.165) is 22.4 Å². The largest absolute Gasteiger partial charge is 0.497 e. The van der Waals surface area contributed by atoms with Gasteiger partial charge in [-0.2, -0.15) is 4.98 Å². The van der Waals surface area contributed by atoms with Crippen molar-refractivity contribution in [2.24, 2.45) is 0 Å². The summed E-state index contributed by atoms with van der Waals surface area (Å²) in [4.78, 5) is 17.7. The van der Waals surface area contributed by atoms with Gasteiger partial charge >= 0.3 is 5.69 Å². The van der Waals surface area contributed by atoms with Crippen LogP contribution in [0.4, 0.5) is 5.82 Å². The molecular weight excluding hydrogens is 510 g/mol. The van der Waals surface area contributed by atoms with Crippen molar-refractivity contribution in [2.75, 3.05) is 32.8 Å². The van der Waals surface area contributed by atoms with E-state index in [1.807, 2.05) is 84.9 Å². The lowest BCUT2D eigenvalue weighted by Crippen LogP contribution is -2.47. The van der Waals surface area contributed by atoms with Crippen LogP contribution in [0.15, 0.2) is 102 Å². The van der Waals surface area contributed by atoms with Gasteiger partial charge in [0.25, 0.3) is 0 Å². The molecule has 208 valence electrons. The average Bonchev–Trinajstić information content (AvgIpc) is 3.32. The van der Waals surface area contributed by atoms with Gasteiger partial charge in [0, 0.05) is 19.7 Å². The van der Waals surface area contributed by atoms with Gasteiger partial charge in [-0.05, 0) is 34.9 Å². The molecule has 9 nitrogen and oxygen atoms in total. The fraction of sp³-hybridized carbons (Fsp3) is 0.290. The number of methoxy groups -OCH3 is 2. The van der Waals surface area contributed by atoms with Crippen molar-refractivity contribution in [2.45, 2.75) is 29.9 Å². The van der Waals surface area contributed by atoms with E-state index >= 15 is 0 Å². The van der Waals surface area contributed by atoms with Crippen LogP contribution in [0.5, 0.6) is 5.75 Å². The van der Waals surface area contributed by atoms with E-state index in [9.17, 15) is 15.0 Å². The van der Waals surface area contributed by atoms with Crippen molar-refractivity contribution in [1.29, 1.82) is 0 Å². The Kier molecular flexibility index (Phi) is 7.99. The highest BCUT2D eigenvalue weighted by molar-refractivity contribution is 5.58. The summed E-state index contributed by atoms with van der Waals surface area (Å²) in [5, 5.41) is 24.1. The van der Waals surface area contributed by atoms with Crippen LogP contribution in [0.1, 0.15) is 29.3 Å². The Balaban J connectivity index is 1.58. The fourth-order valence-corrected chi connectivity index (χ4v) is 5.36. The van der Waals surface area contributed by atoms with Crippen LogP contribution >= 0.6 is 0 Å². The van der Waals surface area contributed by atoms with E-state index in [1.54, 1.807) is 19.4 Å². The van der Waals surface area contributed by atoms with Gasteiger partial charge in [0.15, 0.2) is 0 Å². The molecule has 3 N–H and O–H groups in total. The minimum absolute atomic E-state index is 0.0124. The maximum absolute atomic E-state index is 13.3. The molecule has 3 atom stereocenters. The smallest absolute Gasteiger partial charge is 0.351 e. The third-order valence-electron chi connectivity index (χ3n) is 7.45. The maximum Gasteiger partial charge on any atom is 0.351 e. The van der Waals surface area contributed by atoms with Crippen molar-refractivity contribution in [3.8, 4) is 5.75 Å². The normalized spacial score (nSPS) is 20.8. The van der Waals surface area contributed by atoms with Crippen LogP contribution in [-0.4, -0.2) is 58.9 Å². The number of hydrogen-bond acceptors (Lipinski definition) is 8. The minimum atomic E-state index is -1.31. The summed E-state index contributed by atoms with van der Waals surface area (Å²) >= 11 is 0. The Labute approximate surface area is 232 Å². The summed E-state index contributed by atoms with van der Waals surface area (Å²) < 4.78 is 17.8. The highest BCUT2D eigenvalue weighted by Gasteiger charge is 2.49. The number of aliphatic hydroxyl groups excluding tert-OH is 2. The molecule has 0 bridgehead atoms. The van der Waals surface area contributed by atoms with Crippen molar-refractivity contribution < 1.29 is 24.4 Å². The summed E-state index contributed by atoms with van der Waals surface area (Å²) in [5.41, 5.74) is 0.0633. The number of nitrogens with one attached hydrogen (secondary N) is 1. The fourth-order valence-electron chi connectivity index (χ4n) is 5.36. The summed E-state index contributed by atoms with van der Waals surface area (Å²) in [6, 6.07) is 29.4. The lowest BCUT2D eigenvalue weighted by atomic mass is 9.77. The molecule has 9 heteroatoms. The second-order valence-electron chi connectivity index (χ2n) is 9.82. The van der Waals surface area contributed by atoms with Gasteiger partial charge in [0.2, 0.25) is 0 Å². The molecule has 0 radical (unpaired) electrons. The molecule has 3 aromatic carbocycles. The highest BCUT2D eigenvalue weighted by Crippen LogP contribution is 2.40. The third kappa shape index (κ3) is 5.00. The molecule has 2 heterocycles. The zero-order valence-corrected chi connectivity index (χ0v) is 22.4. The average molecular weight is 544 g/mol. The molecule has 1 fully saturated rings. The standard InChI is InChI=1S/C31H33N3O6/c1-38-21-30(20-35)26(36)19-28(40-30)34-18-17-27(32-29(34)37)33-31(22-9-5-3-6-10-22,23-11-7-4-8-12-23)24-13-15-25(39-2)16-14-24/h3-18,26,28,35-36H,19-21H2,1-2H3,(H,32,33,37)/t26-,28+,30-/m0/s1. The Hall–Kier alpha value is -4.02. The van der Waals surface area contributed by atoms with Crippen molar-refractivity contribution >= 4 is 5.82 Å². The summed E-state index contributed by atoms with van der Waals surface area (Å²) in [6.07, 6.45) is -0.112. The van der Waals surface area contributed by atoms with E-state index in [-0.39, 0.29) is 13.0 Å². The first kappa shape index (κ1) is 27.5. The topological polar surface area (TPSA) is 115 Å². The monoisotopic (exact) mass is 543 g/mol. The third-order valence-corrected chi connectivity index (χ3v) is 7.45.